The predicted octanol–water partition coefficient (Wildman–Crippen LogP) is 3.23. The SMILES string of the molecule is C[C@@H](O)c1ccc2c(c1)[C@@H](O)C[C@H]1[C@](C)(CO)CCC[C@]21C. The van der Waals surface area contributed by atoms with E-state index in [1.165, 1.54) is 5.56 Å². The zero-order chi connectivity index (χ0) is 16.1. The molecule has 5 atom stereocenters. The van der Waals surface area contributed by atoms with Gasteiger partial charge in [-0.2, -0.15) is 0 Å². The maximum Gasteiger partial charge on any atom is 0.0796 e. The molecule has 1 aromatic carbocycles. The van der Waals surface area contributed by atoms with E-state index in [1.54, 1.807) is 6.92 Å². The summed E-state index contributed by atoms with van der Waals surface area (Å²) in [6, 6.07) is 6.04. The second kappa shape index (κ2) is 5.33. The van der Waals surface area contributed by atoms with Crippen LogP contribution in [0.1, 0.15) is 75.4 Å². The topological polar surface area (TPSA) is 60.7 Å². The van der Waals surface area contributed by atoms with E-state index in [-0.39, 0.29) is 17.4 Å². The van der Waals surface area contributed by atoms with Crippen molar-refractivity contribution in [3.8, 4) is 0 Å². The van der Waals surface area contributed by atoms with Crippen LogP contribution in [0.4, 0.5) is 0 Å². The van der Waals surface area contributed by atoms with Gasteiger partial charge in [-0.25, -0.2) is 0 Å². The van der Waals surface area contributed by atoms with Crippen molar-refractivity contribution in [1.29, 1.82) is 0 Å². The molecule has 1 aromatic rings. The van der Waals surface area contributed by atoms with Crippen molar-refractivity contribution in [3.63, 3.8) is 0 Å². The van der Waals surface area contributed by atoms with Crippen molar-refractivity contribution in [3.05, 3.63) is 34.9 Å². The van der Waals surface area contributed by atoms with Gasteiger partial charge in [0.25, 0.3) is 0 Å². The molecule has 0 unspecified atom stereocenters. The third kappa shape index (κ3) is 2.22. The molecule has 0 aliphatic heterocycles. The summed E-state index contributed by atoms with van der Waals surface area (Å²) >= 11 is 0. The van der Waals surface area contributed by atoms with Crippen LogP contribution in [-0.2, 0) is 5.41 Å². The Morgan fingerprint density at radius 3 is 2.64 bits per heavy atom. The summed E-state index contributed by atoms with van der Waals surface area (Å²) < 4.78 is 0. The second-order valence-corrected chi connectivity index (χ2v) is 7.91. The standard InChI is InChI=1S/C19H28O3/c1-12(21)13-5-6-15-14(9-13)16(22)10-17-18(2,11-20)7-4-8-19(15,17)3/h5-6,9,12,16-17,20-22H,4,7-8,10-11H2,1-3H3/t12-,16+,17+,18+,19-/m1/s1. The Labute approximate surface area is 133 Å². The summed E-state index contributed by atoms with van der Waals surface area (Å²) in [5.41, 5.74) is 2.93. The van der Waals surface area contributed by atoms with Crippen LogP contribution < -0.4 is 0 Å². The van der Waals surface area contributed by atoms with E-state index >= 15 is 0 Å². The van der Waals surface area contributed by atoms with Gasteiger partial charge in [-0.15, -0.1) is 0 Å². The normalized spacial score (nSPS) is 39.0. The molecule has 3 rings (SSSR count). The molecule has 0 bridgehead atoms. The first-order chi connectivity index (χ1) is 10.3. The van der Waals surface area contributed by atoms with Crippen molar-refractivity contribution in [2.45, 2.75) is 64.1 Å². The highest BCUT2D eigenvalue weighted by Gasteiger charge is 2.53. The van der Waals surface area contributed by atoms with Crippen LogP contribution in [0.25, 0.3) is 0 Å². The van der Waals surface area contributed by atoms with Crippen molar-refractivity contribution < 1.29 is 15.3 Å². The summed E-state index contributed by atoms with van der Waals surface area (Å²) in [5, 5.41) is 30.4. The molecule has 3 heteroatoms. The van der Waals surface area contributed by atoms with Gasteiger partial charge in [0.1, 0.15) is 0 Å². The zero-order valence-corrected chi connectivity index (χ0v) is 13.8. The van der Waals surface area contributed by atoms with Crippen molar-refractivity contribution in [2.75, 3.05) is 6.61 Å². The molecule has 2 aliphatic carbocycles. The van der Waals surface area contributed by atoms with Gasteiger partial charge in [-0.3, -0.25) is 0 Å². The van der Waals surface area contributed by atoms with Crippen LogP contribution >= 0.6 is 0 Å². The van der Waals surface area contributed by atoms with Crippen LogP contribution in [0.5, 0.6) is 0 Å². The molecule has 0 saturated heterocycles. The Hall–Kier alpha value is -0.900. The predicted molar refractivity (Wildman–Crippen MR) is 86.5 cm³/mol. The fourth-order valence-corrected chi connectivity index (χ4v) is 5.02. The highest BCUT2D eigenvalue weighted by atomic mass is 16.3. The molecular weight excluding hydrogens is 276 g/mol. The number of rotatable bonds is 2. The van der Waals surface area contributed by atoms with Gasteiger partial charge in [-0.05, 0) is 59.6 Å². The Morgan fingerprint density at radius 2 is 2.00 bits per heavy atom. The summed E-state index contributed by atoms with van der Waals surface area (Å²) in [5.74, 6) is 0.290. The van der Waals surface area contributed by atoms with Gasteiger partial charge in [0, 0.05) is 6.61 Å². The van der Waals surface area contributed by atoms with E-state index in [2.05, 4.69) is 19.9 Å². The molecule has 3 nitrogen and oxygen atoms in total. The number of hydrogen-bond acceptors (Lipinski definition) is 3. The summed E-state index contributed by atoms with van der Waals surface area (Å²) in [7, 11) is 0. The maximum atomic E-state index is 10.7. The van der Waals surface area contributed by atoms with Gasteiger partial charge in [0.15, 0.2) is 0 Å². The van der Waals surface area contributed by atoms with E-state index < -0.39 is 12.2 Å². The average molecular weight is 304 g/mol. The minimum Gasteiger partial charge on any atom is -0.396 e. The maximum absolute atomic E-state index is 10.7. The smallest absolute Gasteiger partial charge is 0.0796 e. The number of fused-ring (bicyclic) bond motifs is 3. The van der Waals surface area contributed by atoms with Gasteiger partial charge in [-0.1, -0.05) is 38.5 Å². The Bertz CT molecular complexity index is 568. The van der Waals surface area contributed by atoms with Crippen LogP contribution in [-0.4, -0.2) is 21.9 Å². The lowest BCUT2D eigenvalue weighted by Crippen LogP contribution is -2.51. The molecule has 2 aliphatic rings. The fourth-order valence-electron chi connectivity index (χ4n) is 5.02. The van der Waals surface area contributed by atoms with Crippen molar-refractivity contribution >= 4 is 0 Å². The molecular formula is C19H28O3. The first kappa shape index (κ1) is 16.0. The van der Waals surface area contributed by atoms with Gasteiger partial charge in [0.2, 0.25) is 0 Å². The summed E-state index contributed by atoms with van der Waals surface area (Å²) in [6.07, 6.45) is 2.91. The minimum absolute atomic E-state index is 0.00151. The molecule has 22 heavy (non-hydrogen) atoms. The third-order valence-electron chi connectivity index (χ3n) is 6.41. The quantitative estimate of drug-likeness (QED) is 0.786. The van der Waals surface area contributed by atoms with Gasteiger partial charge >= 0.3 is 0 Å². The summed E-state index contributed by atoms with van der Waals surface area (Å²) in [4.78, 5) is 0. The van der Waals surface area contributed by atoms with E-state index in [1.807, 2.05) is 12.1 Å². The molecule has 1 saturated carbocycles. The van der Waals surface area contributed by atoms with E-state index in [4.69, 9.17) is 0 Å². The van der Waals surface area contributed by atoms with Crippen molar-refractivity contribution in [1.82, 2.24) is 0 Å². The Kier molecular flexibility index (Phi) is 3.87. The minimum atomic E-state index is -0.517. The number of aliphatic hydroxyl groups excluding tert-OH is 3. The van der Waals surface area contributed by atoms with Crippen LogP contribution in [0.15, 0.2) is 18.2 Å². The molecule has 1 fully saturated rings. The van der Waals surface area contributed by atoms with Crippen LogP contribution in [0.3, 0.4) is 0 Å². The molecule has 122 valence electrons. The highest BCUT2D eigenvalue weighted by Crippen LogP contribution is 2.59. The first-order valence-corrected chi connectivity index (χ1v) is 8.43. The average Bonchev–Trinajstić information content (AvgIpc) is 2.49. The number of benzene rings is 1. The molecule has 0 spiro atoms. The van der Waals surface area contributed by atoms with Crippen LogP contribution in [0.2, 0.25) is 0 Å². The Morgan fingerprint density at radius 1 is 1.27 bits per heavy atom. The monoisotopic (exact) mass is 304 g/mol. The third-order valence-corrected chi connectivity index (χ3v) is 6.41. The summed E-state index contributed by atoms with van der Waals surface area (Å²) in [6.45, 7) is 6.39. The number of hydrogen-bond donors (Lipinski definition) is 3. The molecule has 3 N–H and O–H groups in total. The molecule has 0 amide bonds. The number of aliphatic hydroxyl groups is 3. The molecule has 0 radical (unpaired) electrons. The lowest BCUT2D eigenvalue weighted by Gasteiger charge is -2.56. The zero-order valence-electron chi connectivity index (χ0n) is 13.8. The largest absolute Gasteiger partial charge is 0.396 e. The van der Waals surface area contributed by atoms with E-state index in [0.29, 0.717) is 12.3 Å². The molecule has 0 aromatic heterocycles. The van der Waals surface area contributed by atoms with Gasteiger partial charge in [0.05, 0.1) is 12.2 Å². The van der Waals surface area contributed by atoms with Crippen LogP contribution in [0, 0.1) is 11.3 Å². The second-order valence-electron chi connectivity index (χ2n) is 7.91. The highest BCUT2D eigenvalue weighted by molar-refractivity contribution is 5.43. The Balaban J connectivity index is 2.11. The van der Waals surface area contributed by atoms with E-state index in [9.17, 15) is 15.3 Å². The van der Waals surface area contributed by atoms with Gasteiger partial charge < -0.3 is 15.3 Å². The fraction of sp³-hybridized carbons (Fsp3) is 0.684. The van der Waals surface area contributed by atoms with Crippen molar-refractivity contribution in [2.24, 2.45) is 11.3 Å². The lowest BCUT2D eigenvalue weighted by molar-refractivity contribution is -0.0463. The molecule has 0 heterocycles. The van der Waals surface area contributed by atoms with E-state index in [0.717, 1.165) is 30.4 Å². The first-order valence-electron chi connectivity index (χ1n) is 8.43. The lowest BCUT2D eigenvalue weighted by atomic mass is 9.49.